The highest BCUT2D eigenvalue weighted by Gasteiger charge is 2.41. The summed E-state index contributed by atoms with van der Waals surface area (Å²) in [7, 11) is 0. The molecule has 0 aromatic carbocycles. The first-order chi connectivity index (χ1) is 12.1. The Bertz CT molecular complexity index is 728. The zero-order valence-corrected chi connectivity index (χ0v) is 16.2. The zero-order chi connectivity index (χ0) is 17.3. The summed E-state index contributed by atoms with van der Waals surface area (Å²) in [6, 6.07) is 6.38. The molecule has 4 heterocycles. The van der Waals surface area contributed by atoms with Crippen molar-refractivity contribution in [2.45, 2.75) is 46.2 Å². The van der Waals surface area contributed by atoms with E-state index in [9.17, 15) is 0 Å². The fourth-order valence-electron chi connectivity index (χ4n) is 4.57. The van der Waals surface area contributed by atoms with E-state index in [1.54, 1.807) is 11.3 Å². The lowest BCUT2D eigenvalue weighted by Crippen LogP contribution is -2.44. The van der Waals surface area contributed by atoms with Crippen molar-refractivity contribution in [1.29, 1.82) is 0 Å². The van der Waals surface area contributed by atoms with Gasteiger partial charge in [-0.3, -0.25) is 14.8 Å². The summed E-state index contributed by atoms with van der Waals surface area (Å²) in [6.07, 6.45) is 4.01. The molecule has 0 amide bonds. The molecule has 0 saturated carbocycles. The number of nitrogens with zero attached hydrogens (tertiary/aromatic N) is 4. The number of piperidine rings is 1. The maximum atomic E-state index is 4.70. The topological polar surface area (TPSA) is 32.3 Å². The van der Waals surface area contributed by atoms with Gasteiger partial charge in [0.05, 0.1) is 16.4 Å². The molecule has 25 heavy (non-hydrogen) atoms. The summed E-state index contributed by atoms with van der Waals surface area (Å²) in [5.41, 5.74) is 4.06. The van der Waals surface area contributed by atoms with Gasteiger partial charge in [-0.25, -0.2) is 4.98 Å². The molecule has 1 spiro atoms. The smallest absolute Gasteiger partial charge is 0.0897 e. The second kappa shape index (κ2) is 7.14. The van der Waals surface area contributed by atoms with E-state index in [2.05, 4.69) is 52.2 Å². The molecular weight excluding hydrogens is 328 g/mol. The van der Waals surface area contributed by atoms with Crippen molar-refractivity contribution < 1.29 is 0 Å². The zero-order valence-electron chi connectivity index (χ0n) is 15.4. The van der Waals surface area contributed by atoms with Crippen LogP contribution in [0.2, 0.25) is 0 Å². The Hall–Kier alpha value is -1.30. The minimum absolute atomic E-state index is 0.479. The van der Waals surface area contributed by atoms with Gasteiger partial charge in [0, 0.05) is 37.3 Å². The van der Waals surface area contributed by atoms with E-state index in [0.717, 1.165) is 18.8 Å². The summed E-state index contributed by atoms with van der Waals surface area (Å²) in [5, 5.41) is 3.40. The van der Waals surface area contributed by atoms with Crippen LogP contribution in [-0.4, -0.2) is 45.9 Å². The van der Waals surface area contributed by atoms with Crippen LogP contribution >= 0.6 is 11.3 Å². The molecule has 0 bridgehead atoms. The van der Waals surface area contributed by atoms with Crippen LogP contribution in [0.4, 0.5) is 0 Å². The number of hydrogen-bond donors (Lipinski definition) is 0. The third-order valence-corrected chi connectivity index (χ3v) is 6.46. The van der Waals surface area contributed by atoms with Crippen molar-refractivity contribution in [2.75, 3.05) is 26.2 Å². The molecule has 4 nitrogen and oxygen atoms in total. The van der Waals surface area contributed by atoms with Crippen LogP contribution in [0.3, 0.4) is 0 Å². The van der Waals surface area contributed by atoms with Crippen molar-refractivity contribution >= 4 is 11.3 Å². The van der Waals surface area contributed by atoms with Gasteiger partial charge in [-0.05, 0) is 63.7 Å². The maximum absolute atomic E-state index is 4.70. The van der Waals surface area contributed by atoms with E-state index < -0.39 is 0 Å². The van der Waals surface area contributed by atoms with E-state index in [1.807, 2.05) is 0 Å². The van der Waals surface area contributed by atoms with Crippen LogP contribution in [0.15, 0.2) is 23.6 Å². The number of aryl methyl sites for hydroxylation is 2. The molecule has 1 atom stereocenters. The van der Waals surface area contributed by atoms with Crippen LogP contribution in [0.25, 0.3) is 0 Å². The standard InChI is InChI=1S/C20H28N4S/c1-16-5-3-6-18(21-16)11-23-9-4-7-20(14-23)8-10-24(15-20)12-19-13-25-17(2)22-19/h3,5-6,13H,4,7-12,14-15H2,1-2H3/t20-/m0/s1. The maximum Gasteiger partial charge on any atom is 0.0897 e. The van der Waals surface area contributed by atoms with Gasteiger partial charge in [-0.1, -0.05) is 6.07 Å². The van der Waals surface area contributed by atoms with Gasteiger partial charge < -0.3 is 0 Å². The van der Waals surface area contributed by atoms with Gasteiger partial charge in [0.15, 0.2) is 0 Å². The van der Waals surface area contributed by atoms with Crippen molar-refractivity contribution in [3.05, 3.63) is 45.7 Å². The van der Waals surface area contributed by atoms with Gasteiger partial charge in [-0.15, -0.1) is 11.3 Å². The molecule has 0 N–H and O–H groups in total. The Kier molecular flexibility index (Phi) is 4.89. The van der Waals surface area contributed by atoms with E-state index >= 15 is 0 Å². The Labute approximate surface area is 154 Å². The number of pyridine rings is 1. The average Bonchev–Trinajstić information content (AvgIpc) is 3.14. The molecule has 2 aliphatic rings. The molecule has 134 valence electrons. The third kappa shape index (κ3) is 4.10. The summed E-state index contributed by atoms with van der Waals surface area (Å²) >= 11 is 1.76. The van der Waals surface area contributed by atoms with Gasteiger partial charge >= 0.3 is 0 Å². The molecular formula is C20H28N4S. The fraction of sp³-hybridized carbons (Fsp3) is 0.600. The number of rotatable bonds is 4. The second-order valence-corrected chi connectivity index (χ2v) is 8.97. The molecule has 2 aliphatic heterocycles. The van der Waals surface area contributed by atoms with Gasteiger partial charge in [0.2, 0.25) is 0 Å². The van der Waals surface area contributed by atoms with E-state index in [-0.39, 0.29) is 0 Å². The van der Waals surface area contributed by atoms with Crippen LogP contribution in [0.5, 0.6) is 0 Å². The van der Waals surface area contributed by atoms with Crippen LogP contribution in [0.1, 0.15) is 41.4 Å². The van der Waals surface area contributed by atoms with E-state index in [0.29, 0.717) is 5.41 Å². The Morgan fingerprint density at radius 2 is 1.80 bits per heavy atom. The first-order valence-electron chi connectivity index (χ1n) is 9.39. The molecule has 0 aliphatic carbocycles. The highest BCUT2D eigenvalue weighted by atomic mass is 32.1. The molecule has 5 heteroatoms. The first kappa shape index (κ1) is 17.1. The predicted molar refractivity (Wildman–Crippen MR) is 103 cm³/mol. The second-order valence-electron chi connectivity index (χ2n) is 7.90. The van der Waals surface area contributed by atoms with Crippen LogP contribution < -0.4 is 0 Å². The van der Waals surface area contributed by atoms with E-state index in [1.165, 1.54) is 61.8 Å². The summed E-state index contributed by atoms with van der Waals surface area (Å²) < 4.78 is 0. The number of thiazole rings is 1. The summed E-state index contributed by atoms with van der Waals surface area (Å²) in [5.74, 6) is 0. The minimum Gasteiger partial charge on any atom is -0.297 e. The Morgan fingerprint density at radius 3 is 2.56 bits per heavy atom. The lowest BCUT2D eigenvalue weighted by molar-refractivity contribution is 0.0856. The molecule has 4 rings (SSSR count). The number of aromatic nitrogens is 2. The highest BCUT2D eigenvalue weighted by Crippen LogP contribution is 2.39. The predicted octanol–water partition coefficient (Wildman–Crippen LogP) is 3.64. The Balaban J connectivity index is 1.37. The van der Waals surface area contributed by atoms with Crippen LogP contribution in [-0.2, 0) is 13.1 Å². The number of likely N-dealkylation sites (tertiary alicyclic amines) is 2. The van der Waals surface area contributed by atoms with Crippen LogP contribution in [0, 0.1) is 19.3 Å². The highest BCUT2D eigenvalue weighted by molar-refractivity contribution is 7.09. The molecule has 2 aromatic rings. The van der Waals surface area contributed by atoms with Gasteiger partial charge in [-0.2, -0.15) is 0 Å². The Morgan fingerprint density at radius 1 is 1.00 bits per heavy atom. The lowest BCUT2D eigenvalue weighted by atomic mass is 9.79. The minimum atomic E-state index is 0.479. The molecule has 0 unspecified atom stereocenters. The third-order valence-electron chi connectivity index (χ3n) is 5.64. The van der Waals surface area contributed by atoms with Crippen molar-refractivity contribution in [3.8, 4) is 0 Å². The summed E-state index contributed by atoms with van der Waals surface area (Å²) in [4.78, 5) is 14.6. The van der Waals surface area contributed by atoms with Gasteiger partial charge in [0.25, 0.3) is 0 Å². The largest absolute Gasteiger partial charge is 0.297 e. The molecule has 2 fully saturated rings. The lowest BCUT2D eigenvalue weighted by Gasteiger charge is -2.40. The SMILES string of the molecule is Cc1cccc(CN2CCC[C@]3(CCN(Cc4csc(C)n4)C3)C2)n1. The molecule has 0 radical (unpaired) electrons. The van der Waals surface area contributed by atoms with E-state index in [4.69, 9.17) is 4.98 Å². The van der Waals surface area contributed by atoms with Crippen molar-refractivity contribution in [2.24, 2.45) is 5.41 Å². The molecule has 2 aromatic heterocycles. The normalized spacial score (nSPS) is 25.0. The monoisotopic (exact) mass is 356 g/mol. The molecule has 2 saturated heterocycles. The fourth-order valence-corrected chi connectivity index (χ4v) is 5.17. The van der Waals surface area contributed by atoms with Crippen molar-refractivity contribution in [3.63, 3.8) is 0 Å². The van der Waals surface area contributed by atoms with Crippen molar-refractivity contribution in [1.82, 2.24) is 19.8 Å². The van der Waals surface area contributed by atoms with Gasteiger partial charge in [0.1, 0.15) is 0 Å². The first-order valence-corrected chi connectivity index (χ1v) is 10.3. The quantitative estimate of drug-likeness (QED) is 0.837. The summed E-state index contributed by atoms with van der Waals surface area (Å²) in [6.45, 7) is 11.1. The average molecular weight is 357 g/mol. The number of hydrogen-bond acceptors (Lipinski definition) is 5.